The summed E-state index contributed by atoms with van der Waals surface area (Å²) >= 11 is 0. The highest BCUT2D eigenvalue weighted by Crippen LogP contribution is 2.06. The first-order valence-corrected chi connectivity index (χ1v) is 11.5. The smallest absolute Gasteiger partial charge is 0.326 e. The Morgan fingerprint density at radius 3 is 1.81 bits per heavy atom. The number of hydrogen-bond acceptors (Lipinski definition) is 9. The summed E-state index contributed by atoms with van der Waals surface area (Å²) in [5, 5.41) is 25.7. The second-order valence-electron chi connectivity index (χ2n) is 8.05. The molecule has 16 heteroatoms. The topological polar surface area (TPSA) is 304 Å². The number of carbonyl (C=O) groups excluding carboxylic acids is 4. The number of nitrogens with zero attached hydrogens (tertiary/aromatic N) is 1. The van der Waals surface area contributed by atoms with E-state index in [-0.39, 0.29) is 44.6 Å². The Hall–Kier alpha value is -3.50. The van der Waals surface area contributed by atoms with Crippen molar-refractivity contribution in [2.45, 2.75) is 69.1 Å². The van der Waals surface area contributed by atoms with Crippen LogP contribution in [0.15, 0.2) is 4.99 Å². The van der Waals surface area contributed by atoms with Crippen molar-refractivity contribution in [3.63, 3.8) is 0 Å². The Bertz CT molecular complexity index is 775. The van der Waals surface area contributed by atoms with Crippen molar-refractivity contribution in [3.05, 3.63) is 0 Å². The van der Waals surface area contributed by atoms with Gasteiger partial charge in [0.15, 0.2) is 5.96 Å². The molecule has 0 heterocycles. The molecule has 16 nitrogen and oxygen atoms in total. The lowest BCUT2D eigenvalue weighted by molar-refractivity contribution is -0.142. The minimum absolute atomic E-state index is 0.0239. The number of carbonyl (C=O) groups is 5. The highest BCUT2D eigenvalue weighted by Gasteiger charge is 2.30. The minimum Gasteiger partial charge on any atom is -0.480 e. The zero-order valence-electron chi connectivity index (χ0n) is 20.2. The molecule has 0 saturated carbocycles. The number of nitrogens with two attached hydrogens (primary N) is 5. The van der Waals surface area contributed by atoms with Crippen LogP contribution in [-0.4, -0.2) is 89.6 Å². The largest absolute Gasteiger partial charge is 0.480 e. The fourth-order valence-corrected chi connectivity index (χ4v) is 2.98. The number of amides is 4. The Morgan fingerprint density at radius 1 is 0.778 bits per heavy atom. The predicted octanol–water partition coefficient (Wildman–Crippen LogP) is -4.71. The lowest BCUT2D eigenvalue weighted by atomic mass is 10.1. The molecule has 0 spiro atoms. The average Bonchev–Trinajstić information content (AvgIpc) is 2.81. The first kappa shape index (κ1) is 32.5. The van der Waals surface area contributed by atoms with Crippen molar-refractivity contribution in [1.82, 2.24) is 16.0 Å². The monoisotopic (exact) mass is 517 g/mol. The molecule has 0 fully saturated rings. The molecule has 0 aromatic heterocycles. The number of primary amides is 1. The van der Waals surface area contributed by atoms with E-state index in [0.717, 1.165) is 0 Å². The lowest BCUT2D eigenvalue weighted by Crippen LogP contribution is -2.57. The lowest BCUT2D eigenvalue weighted by Gasteiger charge is -2.25. The van der Waals surface area contributed by atoms with E-state index in [2.05, 4.69) is 20.9 Å². The van der Waals surface area contributed by atoms with E-state index >= 15 is 0 Å². The van der Waals surface area contributed by atoms with Crippen LogP contribution in [0.4, 0.5) is 0 Å². The zero-order valence-corrected chi connectivity index (χ0v) is 20.2. The predicted molar refractivity (Wildman–Crippen MR) is 130 cm³/mol. The summed E-state index contributed by atoms with van der Waals surface area (Å²) in [6, 6.07) is -5.07. The molecule has 0 rings (SSSR count). The van der Waals surface area contributed by atoms with E-state index in [0.29, 0.717) is 19.4 Å². The van der Waals surface area contributed by atoms with Gasteiger partial charge in [0.1, 0.15) is 24.2 Å². The number of aliphatic carboxylic acids is 1. The summed E-state index contributed by atoms with van der Waals surface area (Å²) in [5.41, 5.74) is 26.6. The van der Waals surface area contributed by atoms with Gasteiger partial charge < -0.3 is 54.8 Å². The highest BCUT2D eigenvalue weighted by atomic mass is 16.4. The maximum Gasteiger partial charge on any atom is 0.326 e. The van der Waals surface area contributed by atoms with Gasteiger partial charge >= 0.3 is 5.97 Å². The minimum atomic E-state index is -1.32. The molecule has 0 aliphatic rings. The Kier molecular flexibility index (Phi) is 16.1. The van der Waals surface area contributed by atoms with E-state index in [1.165, 1.54) is 0 Å². The number of unbranched alkanes of at least 4 members (excludes halogenated alkanes) is 1. The van der Waals surface area contributed by atoms with E-state index in [4.69, 9.17) is 33.8 Å². The number of nitrogens with one attached hydrogen (secondary N) is 3. The van der Waals surface area contributed by atoms with Crippen LogP contribution in [0.1, 0.15) is 44.9 Å². The summed E-state index contributed by atoms with van der Waals surface area (Å²) in [4.78, 5) is 64.5. The molecule has 4 atom stereocenters. The third-order valence-electron chi connectivity index (χ3n) is 4.99. The van der Waals surface area contributed by atoms with Crippen molar-refractivity contribution in [1.29, 1.82) is 0 Å². The molecule has 206 valence electrons. The van der Waals surface area contributed by atoms with Crippen LogP contribution >= 0.6 is 0 Å². The molecule has 0 radical (unpaired) electrons. The molecule has 0 aliphatic carbocycles. The Morgan fingerprint density at radius 2 is 1.31 bits per heavy atom. The van der Waals surface area contributed by atoms with Gasteiger partial charge in [0.05, 0.1) is 6.61 Å². The summed E-state index contributed by atoms with van der Waals surface area (Å²) in [6.45, 7) is -0.192. The maximum atomic E-state index is 12.9. The molecule has 0 aliphatic heterocycles. The second-order valence-corrected chi connectivity index (χ2v) is 8.05. The SMILES string of the molecule is NCCCCC(NC(=O)C(CCCN=C(N)N)NC(=O)C(CCC(N)=O)NC(=O)C(N)CO)C(=O)O. The van der Waals surface area contributed by atoms with Crippen molar-refractivity contribution in [2.75, 3.05) is 19.7 Å². The fourth-order valence-electron chi connectivity index (χ4n) is 2.98. The highest BCUT2D eigenvalue weighted by molar-refractivity contribution is 5.94. The third-order valence-corrected chi connectivity index (χ3v) is 4.99. The summed E-state index contributed by atoms with van der Waals surface area (Å²) in [7, 11) is 0. The van der Waals surface area contributed by atoms with Crippen LogP contribution in [0.5, 0.6) is 0 Å². The van der Waals surface area contributed by atoms with Gasteiger partial charge in [-0.3, -0.25) is 24.2 Å². The number of aliphatic imine (C=N–C) groups is 1. The van der Waals surface area contributed by atoms with Crippen molar-refractivity contribution >= 4 is 35.6 Å². The first-order valence-electron chi connectivity index (χ1n) is 11.5. The molecule has 0 bridgehead atoms. The first-order chi connectivity index (χ1) is 16.9. The van der Waals surface area contributed by atoms with Gasteiger partial charge in [0, 0.05) is 13.0 Å². The number of guanidine groups is 1. The summed E-state index contributed by atoms with van der Waals surface area (Å²) in [6.07, 6.45) is 0.950. The molecule has 36 heavy (non-hydrogen) atoms. The number of carboxylic acid groups (broad SMARTS) is 1. The second kappa shape index (κ2) is 17.9. The normalized spacial score (nSPS) is 14.0. The molecular weight excluding hydrogens is 478 g/mol. The summed E-state index contributed by atoms with van der Waals surface area (Å²) in [5.74, 6) is -4.63. The molecule has 4 unspecified atom stereocenters. The van der Waals surface area contributed by atoms with E-state index in [1.807, 2.05) is 0 Å². The molecule has 0 aromatic rings. The van der Waals surface area contributed by atoms with E-state index < -0.39 is 60.4 Å². The van der Waals surface area contributed by atoms with Crippen molar-refractivity contribution in [3.8, 4) is 0 Å². The number of aliphatic hydroxyl groups excluding tert-OH is 1. The Labute approximate surface area is 208 Å². The zero-order chi connectivity index (χ0) is 27.7. The standard InChI is InChI=1S/C20H39N9O7/c21-8-2-1-4-14(19(35)36)29-17(33)12(5-3-9-26-20(24)25)28-18(34)13(6-7-15(23)31)27-16(32)11(22)10-30/h11-14,30H,1-10,21-22H2,(H2,23,31)(H,27,32)(H,28,34)(H,29,33)(H,35,36)(H4,24,25,26). The van der Waals surface area contributed by atoms with Gasteiger partial charge in [-0.05, 0) is 45.1 Å². The van der Waals surface area contributed by atoms with Crippen molar-refractivity contribution < 1.29 is 34.2 Å². The van der Waals surface area contributed by atoms with Crippen LogP contribution in [0.3, 0.4) is 0 Å². The van der Waals surface area contributed by atoms with Gasteiger partial charge in [-0.1, -0.05) is 0 Å². The quantitative estimate of drug-likeness (QED) is 0.0440. The maximum absolute atomic E-state index is 12.9. The van der Waals surface area contributed by atoms with Crippen LogP contribution in [0.2, 0.25) is 0 Å². The van der Waals surface area contributed by atoms with Crippen molar-refractivity contribution in [2.24, 2.45) is 33.7 Å². The molecule has 0 saturated heterocycles. The molecule has 15 N–H and O–H groups in total. The van der Waals surface area contributed by atoms with Gasteiger partial charge in [-0.25, -0.2) is 4.79 Å². The van der Waals surface area contributed by atoms with Gasteiger partial charge in [0.25, 0.3) is 0 Å². The van der Waals surface area contributed by atoms with Crippen LogP contribution in [-0.2, 0) is 24.0 Å². The molecule has 0 aromatic carbocycles. The Balaban J connectivity index is 5.61. The van der Waals surface area contributed by atoms with Gasteiger partial charge in [-0.2, -0.15) is 0 Å². The third kappa shape index (κ3) is 14.0. The van der Waals surface area contributed by atoms with Gasteiger partial charge in [-0.15, -0.1) is 0 Å². The van der Waals surface area contributed by atoms with E-state index in [9.17, 15) is 29.1 Å². The van der Waals surface area contributed by atoms with E-state index in [1.54, 1.807) is 0 Å². The average molecular weight is 518 g/mol. The number of carboxylic acids is 1. The number of hydrogen-bond donors (Lipinski definition) is 10. The van der Waals surface area contributed by atoms with Crippen LogP contribution in [0, 0.1) is 0 Å². The number of rotatable bonds is 19. The van der Waals surface area contributed by atoms with Crippen LogP contribution in [0.25, 0.3) is 0 Å². The molecule has 4 amide bonds. The summed E-state index contributed by atoms with van der Waals surface area (Å²) < 4.78 is 0. The van der Waals surface area contributed by atoms with Gasteiger partial charge in [0.2, 0.25) is 23.6 Å². The molecular formula is C20H39N9O7. The number of aliphatic hydroxyl groups is 1. The van der Waals surface area contributed by atoms with Crippen LogP contribution < -0.4 is 44.6 Å². The fraction of sp³-hybridized carbons (Fsp3) is 0.700.